The van der Waals surface area contributed by atoms with Gasteiger partial charge >= 0.3 is 12.0 Å². The van der Waals surface area contributed by atoms with Crippen molar-refractivity contribution in [3.05, 3.63) is 29.6 Å². The Morgan fingerprint density at radius 2 is 2.29 bits per heavy atom. The third-order valence-electron chi connectivity index (χ3n) is 3.37. The zero-order valence-corrected chi connectivity index (χ0v) is 11.2. The molecule has 1 heterocycles. The van der Waals surface area contributed by atoms with E-state index in [0.29, 0.717) is 25.2 Å². The van der Waals surface area contributed by atoms with Crippen molar-refractivity contribution in [1.82, 2.24) is 4.90 Å². The number of carboxylic acids is 1. The molecule has 1 aliphatic rings. The number of urea groups is 1. The Hall–Kier alpha value is -2.62. The number of likely N-dealkylation sites (tertiary alicyclic amines) is 1. The summed E-state index contributed by atoms with van der Waals surface area (Å²) in [4.78, 5) is 24.2. The zero-order valence-electron chi connectivity index (χ0n) is 11.2. The minimum Gasteiger partial charge on any atom is -0.481 e. The predicted octanol–water partition coefficient (Wildman–Crippen LogP) is 2.03. The van der Waals surface area contributed by atoms with Crippen molar-refractivity contribution < 1.29 is 19.1 Å². The van der Waals surface area contributed by atoms with Gasteiger partial charge in [-0.1, -0.05) is 0 Å². The molecule has 7 heteroatoms. The molecule has 1 aromatic rings. The number of nitriles is 1. The highest BCUT2D eigenvalue weighted by Gasteiger charge is 2.27. The first-order chi connectivity index (χ1) is 9.99. The number of carbonyl (C=O) groups excluding carboxylic acids is 1. The monoisotopic (exact) mass is 291 g/mol. The molecular formula is C14H14FN3O3. The first-order valence-corrected chi connectivity index (χ1v) is 6.47. The third-order valence-corrected chi connectivity index (χ3v) is 3.37. The van der Waals surface area contributed by atoms with Gasteiger partial charge in [-0.05, 0) is 30.5 Å². The average Bonchev–Trinajstić information content (AvgIpc) is 2.88. The van der Waals surface area contributed by atoms with Crippen LogP contribution in [0.4, 0.5) is 14.9 Å². The molecule has 0 spiro atoms. The van der Waals surface area contributed by atoms with Crippen molar-refractivity contribution in [2.24, 2.45) is 5.92 Å². The molecule has 1 unspecified atom stereocenters. The third kappa shape index (κ3) is 3.69. The first kappa shape index (κ1) is 14.8. The van der Waals surface area contributed by atoms with Crippen molar-refractivity contribution in [3.63, 3.8) is 0 Å². The van der Waals surface area contributed by atoms with E-state index in [1.807, 2.05) is 0 Å². The Kier molecular flexibility index (Phi) is 4.38. The van der Waals surface area contributed by atoms with Crippen LogP contribution >= 0.6 is 0 Å². The summed E-state index contributed by atoms with van der Waals surface area (Å²) in [5.74, 6) is -1.56. The minimum absolute atomic E-state index is 0.0406. The summed E-state index contributed by atoms with van der Waals surface area (Å²) in [6, 6.07) is 5.08. The molecule has 1 fully saturated rings. The van der Waals surface area contributed by atoms with Crippen molar-refractivity contribution in [2.75, 3.05) is 18.4 Å². The van der Waals surface area contributed by atoms with Crippen LogP contribution in [-0.4, -0.2) is 35.1 Å². The number of aliphatic carboxylic acids is 1. The van der Waals surface area contributed by atoms with E-state index in [4.69, 9.17) is 10.4 Å². The lowest BCUT2D eigenvalue weighted by Gasteiger charge is -2.17. The number of halogens is 1. The van der Waals surface area contributed by atoms with E-state index in [1.165, 1.54) is 17.0 Å². The maximum atomic E-state index is 13.2. The second kappa shape index (κ2) is 6.22. The number of rotatable bonds is 3. The SMILES string of the molecule is N#Cc1cc(NC(=O)N2CCC(CC(=O)O)C2)ccc1F. The Bertz CT molecular complexity index is 612. The molecule has 0 saturated carbocycles. The van der Waals surface area contributed by atoms with E-state index in [2.05, 4.69) is 5.32 Å². The number of hydrogen-bond acceptors (Lipinski definition) is 3. The van der Waals surface area contributed by atoms with Crippen LogP contribution in [0.3, 0.4) is 0 Å². The molecular weight excluding hydrogens is 277 g/mol. The number of carbonyl (C=O) groups is 2. The Labute approximate surface area is 120 Å². The largest absolute Gasteiger partial charge is 0.481 e. The molecule has 1 saturated heterocycles. The molecule has 6 nitrogen and oxygen atoms in total. The van der Waals surface area contributed by atoms with Gasteiger partial charge in [-0.25, -0.2) is 9.18 Å². The quantitative estimate of drug-likeness (QED) is 0.891. The Morgan fingerprint density at radius 1 is 1.52 bits per heavy atom. The van der Waals surface area contributed by atoms with Gasteiger partial charge in [0.05, 0.1) is 5.56 Å². The normalized spacial score (nSPS) is 17.3. The highest BCUT2D eigenvalue weighted by Crippen LogP contribution is 2.21. The van der Waals surface area contributed by atoms with Gasteiger partial charge in [0, 0.05) is 25.2 Å². The number of nitrogens with one attached hydrogen (secondary N) is 1. The molecule has 2 rings (SSSR count). The number of anilines is 1. The standard InChI is InChI=1S/C14H14FN3O3/c15-12-2-1-11(6-10(12)7-16)17-14(21)18-4-3-9(8-18)5-13(19)20/h1-2,6,9H,3-5,8H2,(H,17,21)(H,19,20). The Morgan fingerprint density at radius 3 is 2.95 bits per heavy atom. The Balaban J connectivity index is 1.96. The summed E-state index contributed by atoms with van der Waals surface area (Å²) in [7, 11) is 0. The van der Waals surface area contributed by atoms with Crippen LogP contribution in [0.5, 0.6) is 0 Å². The van der Waals surface area contributed by atoms with Crippen molar-refractivity contribution >= 4 is 17.7 Å². The summed E-state index contributed by atoms with van der Waals surface area (Å²) >= 11 is 0. The van der Waals surface area contributed by atoms with Crippen LogP contribution in [0.1, 0.15) is 18.4 Å². The molecule has 1 aromatic carbocycles. The van der Waals surface area contributed by atoms with Crippen LogP contribution in [0.15, 0.2) is 18.2 Å². The van der Waals surface area contributed by atoms with Gasteiger partial charge in [-0.15, -0.1) is 0 Å². The summed E-state index contributed by atoms with van der Waals surface area (Å²) in [5, 5.41) is 20.1. The molecule has 21 heavy (non-hydrogen) atoms. The predicted molar refractivity (Wildman–Crippen MR) is 72.1 cm³/mol. The number of nitrogens with zero attached hydrogens (tertiary/aromatic N) is 2. The van der Waals surface area contributed by atoms with Gasteiger partial charge < -0.3 is 15.3 Å². The van der Waals surface area contributed by atoms with E-state index < -0.39 is 11.8 Å². The van der Waals surface area contributed by atoms with Crippen LogP contribution in [0.25, 0.3) is 0 Å². The molecule has 0 radical (unpaired) electrons. The fourth-order valence-corrected chi connectivity index (χ4v) is 2.32. The van der Waals surface area contributed by atoms with Crippen LogP contribution in [0.2, 0.25) is 0 Å². The number of benzene rings is 1. The molecule has 0 aliphatic carbocycles. The van der Waals surface area contributed by atoms with E-state index >= 15 is 0 Å². The second-order valence-corrected chi connectivity index (χ2v) is 4.94. The van der Waals surface area contributed by atoms with Gasteiger partial charge in [0.15, 0.2) is 0 Å². The van der Waals surface area contributed by atoms with Gasteiger partial charge in [0.1, 0.15) is 11.9 Å². The molecule has 2 amide bonds. The van der Waals surface area contributed by atoms with Crippen molar-refractivity contribution in [3.8, 4) is 6.07 Å². The topological polar surface area (TPSA) is 93.4 Å². The van der Waals surface area contributed by atoms with Gasteiger partial charge in [0.25, 0.3) is 0 Å². The summed E-state index contributed by atoms with van der Waals surface area (Å²) in [6.07, 6.45) is 0.686. The summed E-state index contributed by atoms with van der Waals surface area (Å²) in [5.41, 5.74) is 0.192. The lowest BCUT2D eigenvalue weighted by molar-refractivity contribution is -0.138. The summed E-state index contributed by atoms with van der Waals surface area (Å²) < 4.78 is 13.2. The molecule has 0 aromatic heterocycles. The average molecular weight is 291 g/mol. The van der Waals surface area contributed by atoms with Crippen LogP contribution in [0, 0.1) is 23.1 Å². The number of amides is 2. The molecule has 2 N–H and O–H groups in total. The molecule has 0 bridgehead atoms. The minimum atomic E-state index is -0.876. The van der Waals surface area contributed by atoms with Gasteiger partial charge in [-0.2, -0.15) is 5.26 Å². The molecule has 110 valence electrons. The van der Waals surface area contributed by atoms with Crippen molar-refractivity contribution in [1.29, 1.82) is 5.26 Å². The highest BCUT2D eigenvalue weighted by molar-refractivity contribution is 5.89. The molecule has 1 aliphatic heterocycles. The maximum absolute atomic E-state index is 13.2. The number of carboxylic acid groups (broad SMARTS) is 1. The van der Waals surface area contributed by atoms with E-state index in [9.17, 15) is 14.0 Å². The van der Waals surface area contributed by atoms with Crippen molar-refractivity contribution in [2.45, 2.75) is 12.8 Å². The van der Waals surface area contributed by atoms with E-state index in [0.717, 1.165) is 6.07 Å². The molecule has 1 atom stereocenters. The van der Waals surface area contributed by atoms with Gasteiger partial charge in [-0.3, -0.25) is 4.79 Å². The smallest absolute Gasteiger partial charge is 0.321 e. The van der Waals surface area contributed by atoms with Crippen LogP contribution in [-0.2, 0) is 4.79 Å². The second-order valence-electron chi connectivity index (χ2n) is 4.94. The van der Waals surface area contributed by atoms with E-state index in [1.54, 1.807) is 6.07 Å². The van der Waals surface area contributed by atoms with Crippen LogP contribution < -0.4 is 5.32 Å². The lowest BCUT2D eigenvalue weighted by atomic mass is 10.1. The van der Waals surface area contributed by atoms with Gasteiger partial charge in [0.2, 0.25) is 0 Å². The van der Waals surface area contributed by atoms with E-state index in [-0.39, 0.29) is 23.9 Å². The first-order valence-electron chi connectivity index (χ1n) is 6.47. The number of hydrogen-bond donors (Lipinski definition) is 2. The highest BCUT2D eigenvalue weighted by atomic mass is 19.1. The fraction of sp³-hybridized carbons (Fsp3) is 0.357. The fourth-order valence-electron chi connectivity index (χ4n) is 2.32. The zero-order chi connectivity index (χ0) is 15.4. The maximum Gasteiger partial charge on any atom is 0.321 e. The lowest BCUT2D eigenvalue weighted by Crippen LogP contribution is -2.33. The summed E-state index contributed by atoms with van der Waals surface area (Å²) in [6.45, 7) is 0.862.